The second-order valence-electron chi connectivity index (χ2n) is 3.29. The summed E-state index contributed by atoms with van der Waals surface area (Å²) in [6.07, 6.45) is 5.70. The van der Waals surface area contributed by atoms with Gasteiger partial charge in [0.05, 0.1) is 23.7 Å². The van der Waals surface area contributed by atoms with Crippen LogP contribution in [0.1, 0.15) is 11.3 Å². The highest BCUT2D eigenvalue weighted by atomic mass is 16.3. The summed E-state index contributed by atoms with van der Waals surface area (Å²) >= 11 is 0. The minimum absolute atomic E-state index is 0.606. The zero-order valence-electron chi connectivity index (χ0n) is 8.68. The molecule has 0 saturated carbocycles. The molecule has 0 unspecified atom stereocenters. The summed E-state index contributed by atoms with van der Waals surface area (Å²) in [7, 11) is 0. The lowest BCUT2D eigenvalue weighted by Gasteiger charge is -2.05. The Hall–Kier alpha value is -2.28. The van der Waals surface area contributed by atoms with Gasteiger partial charge in [-0.25, -0.2) is 0 Å². The van der Waals surface area contributed by atoms with E-state index in [1.807, 2.05) is 12.1 Å². The molecule has 1 N–H and O–H groups in total. The Morgan fingerprint density at radius 1 is 1.44 bits per heavy atom. The molecule has 4 nitrogen and oxygen atoms in total. The molecule has 0 saturated heterocycles. The molecule has 80 valence electrons. The molecule has 0 aliphatic rings. The summed E-state index contributed by atoms with van der Waals surface area (Å²) in [4.78, 5) is 3.97. The van der Waals surface area contributed by atoms with Gasteiger partial charge in [-0.05, 0) is 18.2 Å². The predicted octanol–water partition coefficient (Wildman–Crippen LogP) is 2.20. The van der Waals surface area contributed by atoms with Crippen LogP contribution in [0.3, 0.4) is 0 Å². The number of aromatic nitrogens is 1. The third-order valence-electron chi connectivity index (χ3n) is 2.21. The number of rotatable bonds is 4. The van der Waals surface area contributed by atoms with E-state index in [1.165, 1.54) is 0 Å². The largest absolute Gasteiger partial charge is 0.469 e. The zero-order valence-corrected chi connectivity index (χ0v) is 8.68. The number of furan rings is 1. The third-order valence-corrected chi connectivity index (χ3v) is 2.21. The average Bonchev–Trinajstić information content (AvgIpc) is 2.83. The summed E-state index contributed by atoms with van der Waals surface area (Å²) in [5.74, 6) is 0.926. The van der Waals surface area contributed by atoms with Gasteiger partial charge in [0.25, 0.3) is 0 Å². The molecule has 0 aliphatic heterocycles. The topological polar surface area (TPSA) is 61.9 Å². The molecule has 0 atom stereocenters. The Morgan fingerprint density at radius 2 is 2.38 bits per heavy atom. The molecule has 2 aromatic rings. The summed E-state index contributed by atoms with van der Waals surface area (Å²) in [5.41, 5.74) is 1.37. The van der Waals surface area contributed by atoms with Gasteiger partial charge in [-0.1, -0.05) is 0 Å². The summed E-state index contributed by atoms with van der Waals surface area (Å²) in [5, 5.41) is 12.0. The van der Waals surface area contributed by atoms with Gasteiger partial charge in [-0.15, -0.1) is 0 Å². The van der Waals surface area contributed by atoms with Crippen LogP contribution in [0.25, 0.3) is 0 Å². The molecule has 0 amide bonds. The first-order chi connectivity index (χ1) is 7.90. The summed E-state index contributed by atoms with van der Waals surface area (Å²) in [6, 6.07) is 7.59. The Labute approximate surface area is 93.5 Å². The molecule has 2 rings (SSSR count). The van der Waals surface area contributed by atoms with Crippen LogP contribution in [0.2, 0.25) is 0 Å². The van der Waals surface area contributed by atoms with E-state index in [9.17, 15) is 0 Å². The number of nitrogens with one attached hydrogen (secondary N) is 1. The predicted molar refractivity (Wildman–Crippen MR) is 59.9 cm³/mol. The molecule has 2 aromatic heterocycles. The molecular weight excluding hydrogens is 202 g/mol. The Kier molecular flexibility index (Phi) is 3.19. The van der Waals surface area contributed by atoms with Crippen LogP contribution in [0.15, 0.2) is 41.3 Å². The first kappa shape index (κ1) is 10.2. The maximum Gasteiger partial charge on any atom is 0.105 e. The van der Waals surface area contributed by atoms with Crippen molar-refractivity contribution in [2.24, 2.45) is 0 Å². The number of nitrogens with zero attached hydrogens (tertiary/aromatic N) is 2. The Morgan fingerprint density at radius 3 is 3.12 bits per heavy atom. The first-order valence-corrected chi connectivity index (χ1v) is 5.00. The highest BCUT2D eigenvalue weighted by molar-refractivity contribution is 5.55. The van der Waals surface area contributed by atoms with Crippen LogP contribution >= 0.6 is 0 Å². The molecule has 4 heteroatoms. The van der Waals surface area contributed by atoms with Crippen molar-refractivity contribution in [3.05, 3.63) is 48.2 Å². The van der Waals surface area contributed by atoms with E-state index >= 15 is 0 Å². The minimum atomic E-state index is 0.606. The SMILES string of the molecule is N#Cc1ccncc1NCCc1ccco1. The maximum absolute atomic E-state index is 8.87. The molecule has 0 radical (unpaired) electrons. The fourth-order valence-electron chi connectivity index (χ4n) is 1.41. The molecule has 0 bridgehead atoms. The molecule has 0 aliphatic carbocycles. The van der Waals surface area contributed by atoms with Crippen molar-refractivity contribution in [3.8, 4) is 6.07 Å². The van der Waals surface area contributed by atoms with E-state index in [1.54, 1.807) is 24.7 Å². The van der Waals surface area contributed by atoms with Crippen molar-refractivity contribution < 1.29 is 4.42 Å². The van der Waals surface area contributed by atoms with Crippen LogP contribution < -0.4 is 5.32 Å². The van der Waals surface area contributed by atoms with E-state index < -0.39 is 0 Å². The van der Waals surface area contributed by atoms with Crippen molar-refractivity contribution in [3.63, 3.8) is 0 Å². The lowest BCUT2D eigenvalue weighted by atomic mass is 10.2. The lowest BCUT2D eigenvalue weighted by Crippen LogP contribution is -2.05. The number of hydrogen-bond acceptors (Lipinski definition) is 4. The number of hydrogen-bond donors (Lipinski definition) is 1. The number of nitriles is 1. The van der Waals surface area contributed by atoms with Gasteiger partial charge in [-0.3, -0.25) is 4.98 Å². The van der Waals surface area contributed by atoms with E-state index in [-0.39, 0.29) is 0 Å². The van der Waals surface area contributed by atoms with Crippen molar-refractivity contribution >= 4 is 5.69 Å². The first-order valence-electron chi connectivity index (χ1n) is 5.00. The maximum atomic E-state index is 8.87. The second-order valence-corrected chi connectivity index (χ2v) is 3.29. The smallest absolute Gasteiger partial charge is 0.105 e. The van der Waals surface area contributed by atoms with E-state index in [4.69, 9.17) is 9.68 Å². The highest BCUT2D eigenvalue weighted by Gasteiger charge is 2.01. The van der Waals surface area contributed by atoms with Gasteiger partial charge in [0, 0.05) is 19.2 Å². The van der Waals surface area contributed by atoms with Gasteiger partial charge in [0.2, 0.25) is 0 Å². The molecule has 0 spiro atoms. The van der Waals surface area contributed by atoms with Gasteiger partial charge >= 0.3 is 0 Å². The van der Waals surface area contributed by atoms with Crippen LogP contribution in [-0.4, -0.2) is 11.5 Å². The van der Waals surface area contributed by atoms with Crippen LogP contribution in [0.4, 0.5) is 5.69 Å². The van der Waals surface area contributed by atoms with Crippen LogP contribution in [0, 0.1) is 11.3 Å². The molecule has 0 fully saturated rings. The van der Waals surface area contributed by atoms with E-state index in [2.05, 4.69) is 16.4 Å². The van der Waals surface area contributed by atoms with Crippen LogP contribution in [-0.2, 0) is 6.42 Å². The van der Waals surface area contributed by atoms with Crippen molar-refractivity contribution in [2.75, 3.05) is 11.9 Å². The molecule has 16 heavy (non-hydrogen) atoms. The summed E-state index contributed by atoms with van der Waals surface area (Å²) in [6.45, 7) is 0.716. The molecule has 0 aromatic carbocycles. The van der Waals surface area contributed by atoms with Crippen molar-refractivity contribution in [2.45, 2.75) is 6.42 Å². The molecule has 2 heterocycles. The quantitative estimate of drug-likeness (QED) is 0.845. The van der Waals surface area contributed by atoms with Gasteiger partial charge < -0.3 is 9.73 Å². The van der Waals surface area contributed by atoms with Gasteiger partial charge in [0.15, 0.2) is 0 Å². The zero-order chi connectivity index (χ0) is 11.2. The standard InChI is InChI=1S/C12H11N3O/c13-8-10-3-5-14-9-12(10)15-6-4-11-2-1-7-16-11/h1-3,5,7,9,15H,4,6H2. The fraction of sp³-hybridized carbons (Fsp3) is 0.167. The fourth-order valence-corrected chi connectivity index (χ4v) is 1.41. The van der Waals surface area contributed by atoms with Crippen molar-refractivity contribution in [1.29, 1.82) is 5.26 Å². The lowest BCUT2D eigenvalue weighted by molar-refractivity contribution is 0.513. The van der Waals surface area contributed by atoms with Crippen molar-refractivity contribution in [1.82, 2.24) is 4.98 Å². The average molecular weight is 213 g/mol. The molecular formula is C12H11N3O. The summed E-state index contributed by atoms with van der Waals surface area (Å²) < 4.78 is 5.21. The number of pyridine rings is 1. The third kappa shape index (κ3) is 2.39. The monoisotopic (exact) mass is 213 g/mol. The number of anilines is 1. The van der Waals surface area contributed by atoms with Gasteiger partial charge in [-0.2, -0.15) is 5.26 Å². The van der Waals surface area contributed by atoms with Gasteiger partial charge in [0.1, 0.15) is 11.8 Å². The second kappa shape index (κ2) is 4.99. The highest BCUT2D eigenvalue weighted by Crippen LogP contribution is 2.11. The van der Waals surface area contributed by atoms with E-state index in [0.717, 1.165) is 17.9 Å². The normalized spacial score (nSPS) is 9.69. The minimum Gasteiger partial charge on any atom is -0.469 e. The van der Waals surface area contributed by atoms with E-state index in [0.29, 0.717) is 12.1 Å². The Bertz CT molecular complexity index is 485. The Balaban J connectivity index is 1.93. The van der Waals surface area contributed by atoms with Crippen LogP contribution in [0.5, 0.6) is 0 Å².